The van der Waals surface area contributed by atoms with Gasteiger partial charge >= 0.3 is 0 Å². The molecule has 37 heavy (non-hydrogen) atoms. The molecule has 1 saturated heterocycles. The molecule has 7 nitrogen and oxygen atoms in total. The topological polar surface area (TPSA) is 110 Å². The number of nitrogens with zero attached hydrogens (tertiary/aromatic N) is 2. The second kappa shape index (κ2) is 11.2. The Bertz CT molecular complexity index is 1400. The van der Waals surface area contributed by atoms with Crippen molar-refractivity contribution in [1.82, 2.24) is 4.98 Å². The molecular weight excluding hydrogens is 471 g/mol. The minimum atomic E-state index is -0.533. The Labute approximate surface area is 215 Å². The van der Waals surface area contributed by atoms with Gasteiger partial charge in [0.05, 0.1) is 24.1 Å². The van der Waals surface area contributed by atoms with Crippen molar-refractivity contribution < 1.29 is 18.7 Å². The van der Waals surface area contributed by atoms with E-state index in [0.29, 0.717) is 35.8 Å². The molecule has 1 aliphatic heterocycles. The van der Waals surface area contributed by atoms with Gasteiger partial charge in [0.25, 0.3) is 0 Å². The molecule has 0 radical (unpaired) electrons. The van der Waals surface area contributed by atoms with E-state index in [2.05, 4.69) is 16.4 Å². The Morgan fingerprint density at radius 3 is 2.70 bits per heavy atom. The third-order valence-corrected chi connectivity index (χ3v) is 6.60. The number of methoxy groups -OCH3 is 1. The van der Waals surface area contributed by atoms with E-state index in [-0.39, 0.29) is 17.3 Å². The van der Waals surface area contributed by atoms with Crippen LogP contribution in [0.3, 0.4) is 0 Å². The molecule has 0 unspecified atom stereocenters. The number of anilines is 1. The Morgan fingerprint density at radius 1 is 1.27 bits per heavy atom. The van der Waals surface area contributed by atoms with E-state index in [1.165, 1.54) is 13.2 Å². The van der Waals surface area contributed by atoms with Crippen LogP contribution >= 0.6 is 0 Å². The molecule has 0 aliphatic carbocycles. The zero-order chi connectivity index (χ0) is 26.5. The number of allylic oxidation sites excluding steroid dienone is 1. The summed E-state index contributed by atoms with van der Waals surface area (Å²) in [4.78, 5) is 16.1. The summed E-state index contributed by atoms with van der Waals surface area (Å²) in [5.41, 5.74) is 10.8. The fraction of sp³-hybridized carbons (Fsp3) is 0.276. The highest BCUT2D eigenvalue weighted by Gasteiger charge is 2.20. The van der Waals surface area contributed by atoms with E-state index in [0.717, 1.165) is 35.1 Å². The van der Waals surface area contributed by atoms with Crippen LogP contribution in [0.5, 0.6) is 5.75 Å². The number of nitrogens with two attached hydrogens (primary N) is 1. The molecule has 0 spiro atoms. The molecule has 0 bridgehead atoms. The summed E-state index contributed by atoms with van der Waals surface area (Å²) in [6.07, 6.45) is 5.09. The second-order valence-corrected chi connectivity index (χ2v) is 9.00. The first-order chi connectivity index (χ1) is 17.8. The summed E-state index contributed by atoms with van der Waals surface area (Å²) in [5.74, 6) is -0.480. The average Bonchev–Trinajstić information content (AvgIpc) is 2.91. The lowest BCUT2D eigenvalue weighted by Gasteiger charge is -2.25. The Hall–Kier alpha value is -4.22. The van der Waals surface area contributed by atoms with Crippen molar-refractivity contribution in [2.45, 2.75) is 32.7 Å². The minimum Gasteiger partial charge on any atom is -0.496 e. The molecule has 1 aromatic heterocycles. The second-order valence-electron chi connectivity index (χ2n) is 9.00. The van der Waals surface area contributed by atoms with Crippen LogP contribution < -0.4 is 15.8 Å². The first-order valence-electron chi connectivity index (χ1n) is 12.0. The average molecular weight is 501 g/mol. The van der Waals surface area contributed by atoms with E-state index in [9.17, 15) is 10.1 Å². The van der Waals surface area contributed by atoms with Gasteiger partial charge < -0.3 is 20.5 Å². The molecule has 1 aliphatic rings. The standard InChI is InChI=1S/C29H29FN4O3/c1-17(23-5-4-19(29(32)35)15-27(23)36-3)12-26-18(2)24(6-9-33-26)20-13-21(16-31)28(25(30)14-20)34-22-7-10-37-11-8-22/h4-6,9,12-15,22,34H,7-8,10-11H2,1-3H3,(H2,32,35)/b17-12+. The van der Waals surface area contributed by atoms with Crippen molar-refractivity contribution in [2.75, 3.05) is 25.6 Å². The van der Waals surface area contributed by atoms with Crippen molar-refractivity contribution in [3.63, 3.8) is 0 Å². The van der Waals surface area contributed by atoms with Crippen LogP contribution in [0.1, 0.15) is 52.5 Å². The van der Waals surface area contributed by atoms with E-state index in [1.807, 2.05) is 26.0 Å². The Balaban J connectivity index is 1.69. The van der Waals surface area contributed by atoms with Crippen LogP contribution in [0.15, 0.2) is 42.6 Å². The number of carbonyl (C=O) groups excluding carboxylic acids is 1. The van der Waals surface area contributed by atoms with Crippen molar-refractivity contribution in [3.05, 3.63) is 76.4 Å². The SMILES string of the molecule is COc1cc(C(N)=O)ccc1/C(C)=C/c1nccc(-c2cc(F)c(NC3CCOCC3)c(C#N)c2)c1C. The number of hydrogen-bond donors (Lipinski definition) is 2. The number of carbonyl (C=O) groups is 1. The van der Waals surface area contributed by atoms with Gasteiger partial charge in [0.1, 0.15) is 17.6 Å². The molecule has 3 aromatic rings. The summed E-state index contributed by atoms with van der Waals surface area (Å²) in [7, 11) is 1.53. The number of aromatic nitrogens is 1. The highest BCUT2D eigenvalue weighted by molar-refractivity contribution is 5.94. The van der Waals surface area contributed by atoms with Gasteiger partial charge in [-0.2, -0.15) is 5.26 Å². The van der Waals surface area contributed by atoms with Gasteiger partial charge in [-0.25, -0.2) is 4.39 Å². The number of rotatable bonds is 7. The fourth-order valence-corrected chi connectivity index (χ4v) is 4.51. The van der Waals surface area contributed by atoms with Gasteiger partial charge in [-0.15, -0.1) is 0 Å². The van der Waals surface area contributed by atoms with Crippen LogP contribution in [0.2, 0.25) is 0 Å². The summed E-state index contributed by atoms with van der Waals surface area (Å²) >= 11 is 0. The molecule has 190 valence electrons. The number of pyridine rings is 1. The van der Waals surface area contributed by atoms with Crippen molar-refractivity contribution in [3.8, 4) is 22.9 Å². The quantitative estimate of drug-likeness (QED) is 0.454. The van der Waals surface area contributed by atoms with Crippen LogP contribution in [-0.2, 0) is 4.74 Å². The van der Waals surface area contributed by atoms with Crippen LogP contribution in [0.25, 0.3) is 22.8 Å². The predicted octanol–water partition coefficient (Wildman–Crippen LogP) is 5.33. The zero-order valence-electron chi connectivity index (χ0n) is 21.1. The number of ether oxygens (including phenoxy) is 2. The molecule has 1 amide bonds. The first kappa shape index (κ1) is 25.9. The maximum Gasteiger partial charge on any atom is 0.248 e. The van der Waals surface area contributed by atoms with Gasteiger partial charge in [-0.3, -0.25) is 9.78 Å². The Kier molecular flexibility index (Phi) is 7.85. The minimum absolute atomic E-state index is 0.0672. The number of nitriles is 1. The largest absolute Gasteiger partial charge is 0.496 e. The number of benzene rings is 2. The monoisotopic (exact) mass is 500 g/mol. The van der Waals surface area contributed by atoms with Gasteiger partial charge in [0, 0.05) is 36.6 Å². The highest BCUT2D eigenvalue weighted by atomic mass is 19.1. The van der Waals surface area contributed by atoms with Gasteiger partial charge in [-0.05, 0) is 85.4 Å². The molecule has 2 heterocycles. The van der Waals surface area contributed by atoms with Gasteiger partial charge in [0.2, 0.25) is 5.91 Å². The lowest BCUT2D eigenvalue weighted by molar-refractivity contribution is 0.0903. The molecule has 8 heteroatoms. The van der Waals surface area contributed by atoms with E-state index in [4.69, 9.17) is 15.2 Å². The van der Waals surface area contributed by atoms with Crippen LogP contribution in [0.4, 0.5) is 10.1 Å². The number of primary amides is 1. The zero-order valence-corrected chi connectivity index (χ0v) is 21.1. The maximum absolute atomic E-state index is 15.3. The summed E-state index contributed by atoms with van der Waals surface area (Å²) in [5, 5.41) is 13.0. The lowest BCUT2D eigenvalue weighted by atomic mass is 9.95. The molecule has 3 N–H and O–H groups in total. The number of halogens is 1. The number of amides is 1. The van der Waals surface area contributed by atoms with Crippen molar-refractivity contribution >= 4 is 23.2 Å². The van der Waals surface area contributed by atoms with Crippen LogP contribution in [-0.4, -0.2) is 37.3 Å². The van der Waals surface area contributed by atoms with E-state index >= 15 is 4.39 Å². The summed E-state index contributed by atoms with van der Waals surface area (Å²) in [6.45, 7) is 5.06. The molecule has 0 saturated carbocycles. The fourth-order valence-electron chi connectivity index (χ4n) is 4.51. The third kappa shape index (κ3) is 5.63. The van der Waals surface area contributed by atoms with E-state index in [1.54, 1.807) is 30.5 Å². The normalized spacial score (nSPS) is 14.2. The van der Waals surface area contributed by atoms with E-state index < -0.39 is 11.7 Å². The number of nitrogens with one attached hydrogen (secondary N) is 1. The maximum atomic E-state index is 15.3. The van der Waals surface area contributed by atoms with Crippen molar-refractivity contribution in [2.24, 2.45) is 5.73 Å². The highest BCUT2D eigenvalue weighted by Crippen LogP contribution is 2.33. The molecule has 1 fully saturated rings. The Morgan fingerprint density at radius 2 is 2.03 bits per heavy atom. The molecule has 4 rings (SSSR count). The molecule has 0 atom stereocenters. The molecule has 2 aromatic carbocycles. The van der Waals surface area contributed by atoms with Gasteiger partial charge in [0.15, 0.2) is 0 Å². The lowest BCUT2D eigenvalue weighted by Crippen LogP contribution is -2.28. The smallest absolute Gasteiger partial charge is 0.248 e. The third-order valence-electron chi connectivity index (χ3n) is 6.60. The summed E-state index contributed by atoms with van der Waals surface area (Å²) in [6, 6.07) is 12.2. The predicted molar refractivity (Wildman–Crippen MR) is 142 cm³/mol. The van der Waals surface area contributed by atoms with Crippen LogP contribution in [0, 0.1) is 24.1 Å². The number of hydrogen-bond acceptors (Lipinski definition) is 6. The first-order valence-corrected chi connectivity index (χ1v) is 12.0. The summed E-state index contributed by atoms with van der Waals surface area (Å²) < 4.78 is 26.1. The van der Waals surface area contributed by atoms with Crippen molar-refractivity contribution in [1.29, 1.82) is 5.26 Å². The van der Waals surface area contributed by atoms with Gasteiger partial charge in [-0.1, -0.05) is 6.07 Å². The molecular formula is C29H29FN4O3.